The van der Waals surface area contributed by atoms with Crippen molar-refractivity contribution in [2.24, 2.45) is 0 Å². The van der Waals surface area contributed by atoms with Crippen LogP contribution in [0.5, 0.6) is 0 Å². The van der Waals surface area contributed by atoms with Crippen LogP contribution >= 0.6 is 0 Å². The molecule has 0 radical (unpaired) electrons. The molecular formula is C9H10F3NO3S. The SMILES string of the molecule is [C-]#[N+]C1(C)CC=C(OS(=O)(=O)C(F)(F)F)CC1. The molecule has 0 aromatic carbocycles. The van der Waals surface area contributed by atoms with Crippen LogP contribution in [0.4, 0.5) is 13.2 Å². The summed E-state index contributed by atoms with van der Waals surface area (Å²) >= 11 is 0. The van der Waals surface area contributed by atoms with Gasteiger partial charge in [-0.2, -0.15) is 21.6 Å². The molecule has 1 unspecified atom stereocenters. The van der Waals surface area contributed by atoms with Crippen LogP contribution in [-0.4, -0.2) is 19.5 Å². The van der Waals surface area contributed by atoms with E-state index in [-0.39, 0.29) is 25.0 Å². The third kappa shape index (κ3) is 3.12. The highest BCUT2D eigenvalue weighted by molar-refractivity contribution is 7.87. The quantitative estimate of drug-likeness (QED) is 0.440. The van der Waals surface area contributed by atoms with E-state index < -0.39 is 21.2 Å². The molecule has 0 amide bonds. The van der Waals surface area contributed by atoms with E-state index in [0.29, 0.717) is 0 Å². The number of nitrogens with zero attached hydrogens (tertiary/aromatic N) is 1. The minimum absolute atomic E-state index is 0.00813. The highest BCUT2D eigenvalue weighted by atomic mass is 32.2. The lowest BCUT2D eigenvalue weighted by molar-refractivity contribution is -0.0524. The predicted molar refractivity (Wildman–Crippen MR) is 53.0 cm³/mol. The number of alkyl halides is 3. The van der Waals surface area contributed by atoms with E-state index in [0.717, 1.165) is 0 Å². The van der Waals surface area contributed by atoms with E-state index in [2.05, 4.69) is 9.03 Å². The minimum Gasteiger partial charge on any atom is -0.381 e. The summed E-state index contributed by atoms with van der Waals surface area (Å²) < 4.78 is 61.4. The molecule has 1 atom stereocenters. The Morgan fingerprint density at radius 2 is 2.12 bits per heavy atom. The average Bonchev–Trinajstić information content (AvgIpc) is 2.20. The van der Waals surface area contributed by atoms with Crippen LogP contribution in [0.15, 0.2) is 11.8 Å². The number of halogens is 3. The smallest absolute Gasteiger partial charge is 0.381 e. The summed E-state index contributed by atoms with van der Waals surface area (Å²) in [6.45, 7) is 8.55. The van der Waals surface area contributed by atoms with E-state index in [1.807, 2.05) is 0 Å². The molecule has 8 heteroatoms. The van der Waals surface area contributed by atoms with Crippen molar-refractivity contribution in [1.82, 2.24) is 0 Å². The lowest BCUT2D eigenvalue weighted by Gasteiger charge is -2.22. The van der Waals surface area contributed by atoms with E-state index in [4.69, 9.17) is 6.57 Å². The molecule has 1 rings (SSSR count). The monoisotopic (exact) mass is 269 g/mol. The van der Waals surface area contributed by atoms with Gasteiger partial charge in [0.05, 0.1) is 0 Å². The third-order valence-corrected chi connectivity index (χ3v) is 3.45. The molecule has 0 bridgehead atoms. The Kier molecular flexibility index (Phi) is 3.43. The molecular weight excluding hydrogens is 259 g/mol. The maximum absolute atomic E-state index is 12.0. The molecule has 0 heterocycles. The molecule has 0 spiro atoms. The lowest BCUT2D eigenvalue weighted by atomic mass is 9.88. The zero-order chi connectivity index (χ0) is 13.3. The number of allylic oxidation sites excluding steroid dienone is 1. The molecule has 0 aliphatic heterocycles. The first-order valence-corrected chi connectivity index (χ1v) is 6.09. The van der Waals surface area contributed by atoms with Crippen molar-refractivity contribution < 1.29 is 25.8 Å². The van der Waals surface area contributed by atoms with Gasteiger partial charge in [0, 0.05) is 26.2 Å². The zero-order valence-corrected chi connectivity index (χ0v) is 9.73. The Bertz CT molecular complexity index is 475. The van der Waals surface area contributed by atoms with Crippen LogP contribution in [0.25, 0.3) is 4.85 Å². The summed E-state index contributed by atoms with van der Waals surface area (Å²) in [5.41, 5.74) is -6.11. The van der Waals surface area contributed by atoms with Gasteiger partial charge in [-0.05, 0) is 6.08 Å². The van der Waals surface area contributed by atoms with Crippen LogP contribution in [-0.2, 0) is 14.3 Å². The summed E-state index contributed by atoms with van der Waals surface area (Å²) in [7, 11) is -5.59. The maximum atomic E-state index is 12.0. The van der Waals surface area contributed by atoms with Crippen LogP contribution in [0.2, 0.25) is 0 Å². The fraction of sp³-hybridized carbons (Fsp3) is 0.667. The Morgan fingerprint density at radius 1 is 1.53 bits per heavy atom. The van der Waals surface area contributed by atoms with E-state index in [1.165, 1.54) is 6.08 Å². The van der Waals surface area contributed by atoms with E-state index in [1.54, 1.807) is 6.92 Å². The molecule has 0 saturated carbocycles. The van der Waals surface area contributed by atoms with Gasteiger partial charge >= 0.3 is 15.6 Å². The number of rotatable bonds is 2. The fourth-order valence-electron chi connectivity index (χ4n) is 1.30. The first-order chi connectivity index (χ1) is 7.60. The summed E-state index contributed by atoms with van der Waals surface area (Å²) in [4.78, 5) is 3.34. The maximum Gasteiger partial charge on any atom is 0.534 e. The molecule has 0 aromatic rings. The Morgan fingerprint density at radius 3 is 2.47 bits per heavy atom. The molecule has 0 fully saturated rings. The molecule has 0 aromatic heterocycles. The molecule has 96 valence electrons. The van der Waals surface area contributed by atoms with E-state index >= 15 is 0 Å². The van der Waals surface area contributed by atoms with Crippen molar-refractivity contribution >= 4 is 10.1 Å². The van der Waals surface area contributed by atoms with Gasteiger partial charge in [0.25, 0.3) is 0 Å². The normalized spacial score (nSPS) is 25.9. The predicted octanol–water partition coefficient (Wildman–Crippen LogP) is 2.60. The van der Waals surface area contributed by atoms with Crippen molar-refractivity contribution in [3.63, 3.8) is 0 Å². The number of hydrogen-bond acceptors (Lipinski definition) is 3. The van der Waals surface area contributed by atoms with Crippen LogP contribution in [0.3, 0.4) is 0 Å². The van der Waals surface area contributed by atoms with Crippen LogP contribution in [0, 0.1) is 6.57 Å². The molecule has 4 nitrogen and oxygen atoms in total. The molecule has 1 aliphatic rings. The molecule has 1 aliphatic carbocycles. The van der Waals surface area contributed by atoms with Gasteiger partial charge in [0.1, 0.15) is 5.76 Å². The first-order valence-electron chi connectivity index (χ1n) is 4.68. The lowest BCUT2D eigenvalue weighted by Crippen LogP contribution is -2.28. The second kappa shape index (κ2) is 4.22. The van der Waals surface area contributed by atoms with Gasteiger partial charge in [-0.3, -0.25) is 0 Å². The van der Waals surface area contributed by atoms with Crippen molar-refractivity contribution in [2.45, 2.75) is 37.2 Å². The average molecular weight is 269 g/mol. The third-order valence-electron chi connectivity index (χ3n) is 2.45. The summed E-state index contributed by atoms with van der Waals surface area (Å²) in [6, 6.07) is 0. The summed E-state index contributed by atoms with van der Waals surface area (Å²) in [6.07, 6.45) is 1.69. The van der Waals surface area contributed by atoms with Crippen LogP contribution < -0.4 is 0 Å². The van der Waals surface area contributed by atoms with Gasteiger partial charge in [0.15, 0.2) is 0 Å². The largest absolute Gasteiger partial charge is 0.534 e. The summed E-state index contributed by atoms with van der Waals surface area (Å²) in [5.74, 6) is -0.247. The fourth-order valence-corrected chi connectivity index (χ4v) is 1.82. The standard InChI is InChI=1S/C9H10F3NO3S/c1-8(13-2)5-3-7(4-6-8)16-17(14,15)9(10,11)12/h3H,4-6H2,1H3. The molecule has 0 saturated heterocycles. The Balaban J connectivity index is 2.79. The highest BCUT2D eigenvalue weighted by Crippen LogP contribution is 2.34. The molecule has 17 heavy (non-hydrogen) atoms. The van der Waals surface area contributed by atoms with Gasteiger partial charge in [-0.25, -0.2) is 6.57 Å². The van der Waals surface area contributed by atoms with Crippen molar-refractivity contribution in [1.29, 1.82) is 0 Å². The van der Waals surface area contributed by atoms with Gasteiger partial charge in [-0.15, -0.1) is 0 Å². The van der Waals surface area contributed by atoms with Gasteiger partial charge < -0.3 is 9.03 Å². The first kappa shape index (κ1) is 13.8. The highest BCUT2D eigenvalue weighted by Gasteiger charge is 2.49. The van der Waals surface area contributed by atoms with Crippen molar-refractivity contribution in [3.8, 4) is 0 Å². The number of hydrogen-bond donors (Lipinski definition) is 0. The molecule has 0 N–H and O–H groups in total. The second-order valence-corrected chi connectivity index (χ2v) is 5.50. The Labute approximate surface area is 97.0 Å². The minimum atomic E-state index is -5.59. The topological polar surface area (TPSA) is 47.7 Å². The Hall–Kier alpha value is -1.23. The van der Waals surface area contributed by atoms with E-state index in [9.17, 15) is 21.6 Å². The zero-order valence-electron chi connectivity index (χ0n) is 8.91. The van der Waals surface area contributed by atoms with Gasteiger partial charge in [0.2, 0.25) is 5.54 Å². The summed E-state index contributed by atoms with van der Waals surface area (Å²) in [5, 5.41) is 0. The van der Waals surface area contributed by atoms with Crippen molar-refractivity contribution in [3.05, 3.63) is 23.3 Å². The van der Waals surface area contributed by atoms with Crippen molar-refractivity contribution in [2.75, 3.05) is 0 Å². The second-order valence-electron chi connectivity index (χ2n) is 3.97. The van der Waals surface area contributed by atoms with Crippen LogP contribution in [0.1, 0.15) is 26.2 Å². The van der Waals surface area contributed by atoms with Gasteiger partial charge in [-0.1, -0.05) is 0 Å².